The standard InChI is InChI=1S/C27H35F2N3O3/c28-27(29)12-10-20(11-13-27)30-22-5-3-1-2-4-18(22)14-17-6-7-21-19(15-17)16-32(26(21)35)23-8-9-24(33)31-25(23)34/h6-7,15,18,20,22-23,30H,1-5,8-14,16H2,(H,31,33,34)/t18-,22+,23?/m1/s1. The van der Waals surface area contributed by atoms with Gasteiger partial charge in [0.05, 0.1) is 0 Å². The van der Waals surface area contributed by atoms with Gasteiger partial charge in [-0.05, 0) is 61.6 Å². The van der Waals surface area contributed by atoms with Crippen molar-refractivity contribution < 1.29 is 23.2 Å². The normalized spacial score (nSPS) is 29.6. The molecule has 5 rings (SSSR count). The lowest BCUT2D eigenvalue weighted by molar-refractivity contribution is -0.136. The number of nitrogens with one attached hydrogen (secondary N) is 2. The Morgan fingerprint density at radius 3 is 2.54 bits per heavy atom. The monoisotopic (exact) mass is 487 g/mol. The van der Waals surface area contributed by atoms with E-state index in [0.29, 0.717) is 43.3 Å². The van der Waals surface area contributed by atoms with Crippen molar-refractivity contribution in [1.29, 1.82) is 0 Å². The van der Waals surface area contributed by atoms with Gasteiger partial charge in [-0.1, -0.05) is 31.4 Å². The first-order chi connectivity index (χ1) is 16.8. The van der Waals surface area contributed by atoms with Crippen molar-refractivity contribution in [3.8, 4) is 0 Å². The van der Waals surface area contributed by atoms with Crippen LogP contribution in [0.4, 0.5) is 8.78 Å². The van der Waals surface area contributed by atoms with Crippen LogP contribution >= 0.6 is 0 Å². The third kappa shape index (κ3) is 5.42. The first kappa shape index (κ1) is 24.3. The SMILES string of the molecule is O=C1CCC(N2Cc3cc(C[C@H]4CCCCC[C@@H]4NC4CCC(F)(F)CC4)ccc3C2=O)C(=O)N1. The van der Waals surface area contributed by atoms with Gasteiger partial charge in [0.15, 0.2) is 0 Å². The molecule has 0 aromatic heterocycles. The smallest absolute Gasteiger partial charge is 0.255 e. The zero-order valence-electron chi connectivity index (χ0n) is 20.2. The number of hydrogen-bond donors (Lipinski definition) is 2. The number of alkyl halides is 2. The maximum absolute atomic E-state index is 13.6. The molecule has 0 bridgehead atoms. The van der Waals surface area contributed by atoms with E-state index in [-0.39, 0.29) is 37.1 Å². The summed E-state index contributed by atoms with van der Waals surface area (Å²) >= 11 is 0. The fourth-order valence-electron chi connectivity index (χ4n) is 6.42. The number of rotatable bonds is 5. The minimum atomic E-state index is -2.51. The molecule has 3 atom stereocenters. The van der Waals surface area contributed by atoms with Gasteiger partial charge in [-0.25, -0.2) is 8.78 Å². The summed E-state index contributed by atoms with van der Waals surface area (Å²) in [5.41, 5.74) is 2.75. The van der Waals surface area contributed by atoms with Crippen molar-refractivity contribution in [1.82, 2.24) is 15.5 Å². The van der Waals surface area contributed by atoms with Crippen LogP contribution in [0.15, 0.2) is 18.2 Å². The Morgan fingerprint density at radius 2 is 1.77 bits per heavy atom. The molecule has 35 heavy (non-hydrogen) atoms. The minimum Gasteiger partial charge on any atom is -0.322 e. The number of carbonyl (C=O) groups is 3. The third-order valence-corrected chi connectivity index (χ3v) is 8.41. The molecule has 190 valence electrons. The Bertz CT molecular complexity index is 988. The summed E-state index contributed by atoms with van der Waals surface area (Å²) in [6.07, 6.45) is 8.25. The van der Waals surface area contributed by atoms with Crippen LogP contribution in [-0.4, -0.2) is 46.7 Å². The molecule has 0 radical (unpaired) electrons. The van der Waals surface area contributed by atoms with Gasteiger partial charge >= 0.3 is 0 Å². The van der Waals surface area contributed by atoms with Gasteiger partial charge < -0.3 is 10.2 Å². The second kappa shape index (κ2) is 9.96. The number of carbonyl (C=O) groups excluding carboxylic acids is 3. The van der Waals surface area contributed by atoms with Crippen LogP contribution in [0.5, 0.6) is 0 Å². The van der Waals surface area contributed by atoms with Crippen LogP contribution in [0, 0.1) is 5.92 Å². The molecule has 2 heterocycles. The first-order valence-electron chi connectivity index (χ1n) is 13.2. The zero-order valence-corrected chi connectivity index (χ0v) is 20.2. The molecule has 2 aliphatic heterocycles. The van der Waals surface area contributed by atoms with Crippen molar-refractivity contribution in [3.63, 3.8) is 0 Å². The molecule has 2 N–H and O–H groups in total. The zero-order chi connectivity index (χ0) is 24.6. The second-order valence-electron chi connectivity index (χ2n) is 10.9. The number of fused-ring (bicyclic) bond motifs is 1. The first-order valence-corrected chi connectivity index (χ1v) is 13.2. The molecule has 2 saturated carbocycles. The highest BCUT2D eigenvalue weighted by molar-refractivity contribution is 6.05. The summed E-state index contributed by atoms with van der Waals surface area (Å²) in [5, 5.41) is 6.10. The number of nitrogens with zero attached hydrogens (tertiary/aromatic N) is 1. The maximum Gasteiger partial charge on any atom is 0.255 e. The molecule has 1 saturated heterocycles. The van der Waals surface area contributed by atoms with E-state index in [1.807, 2.05) is 12.1 Å². The van der Waals surface area contributed by atoms with E-state index in [4.69, 9.17) is 0 Å². The number of halogens is 2. The predicted molar refractivity (Wildman–Crippen MR) is 127 cm³/mol. The van der Waals surface area contributed by atoms with E-state index < -0.39 is 17.9 Å². The topological polar surface area (TPSA) is 78.5 Å². The van der Waals surface area contributed by atoms with Gasteiger partial charge in [-0.2, -0.15) is 0 Å². The van der Waals surface area contributed by atoms with Crippen LogP contribution in [-0.2, 0) is 22.6 Å². The Hall–Kier alpha value is -2.35. The van der Waals surface area contributed by atoms with Crippen LogP contribution in [0.25, 0.3) is 0 Å². The lowest BCUT2D eigenvalue weighted by Crippen LogP contribution is -2.52. The lowest BCUT2D eigenvalue weighted by atomic mass is 9.85. The molecule has 0 spiro atoms. The van der Waals surface area contributed by atoms with Crippen LogP contribution in [0.2, 0.25) is 0 Å². The van der Waals surface area contributed by atoms with Gasteiger partial charge in [0.1, 0.15) is 6.04 Å². The molecule has 8 heteroatoms. The quantitative estimate of drug-likeness (QED) is 0.484. The molecular weight excluding hydrogens is 452 g/mol. The number of benzene rings is 1. The Labute approximate surface area is 205 Å². The van der Waals surface area contributed by atoms with Crippen molar-refractivity contribution >= 4 is 17.7 Å². The Morgan fingerprint density at radius 1 is 1.00 bits per heavy atom. The molecule has 1 aromatic rings. The summed E-state index contributed by atoms with van der Waals surface area (Å²) in [4.78, 5) is 38.4. The van der Waals surface area contributed by atoms with Gasteiger partial charge in [0.25, 0.3) is 5.91 Å². The van der Waals surface area contributed by atoms with Gasteiger partial charge in [0.2, 0.25) is 17.7 Å². The fraction of sp³-hybridized carbons (Fsp3) is 0.667. The highest BCUT2D eigenvalue weighted by Gasteiger charge is 2.39. The second-order valence-corrected chi connectivity index (χ2v) is 10.9. The van der Waals surface area contributed by atoms with E-state index in [0.717, 1.165) is 31.2 Å². The van der Waals surface area contributed by atoms with Crippen LogP contribution in [0.1, 0.15) is 92.1 Å². The summed E-state index contributed by atoms with van der Waals surface area (Å²) in [6.45, 7) is 0.386. The van der Waals surface area contributed by atoms with E-state index >= 15 is 0 Å². The average molecular weight is 488 g/mol. The van der Waals surface area contributed by atoms with E-state index in [9.17, 15) is 23.2 Å². The van der Waals surface area contributed by atoms with Gasteiger partial charge in [0, 0.05) is 43.5 Å². The number of hydrogen-bond acceptors (Lipinski definition) is 4. The number of imide groups is 1. The van der Waals surface area contributed by atoms with Crippen LogP contribution in [0.3, 0.4) is 0 Å². The Balaban J connectivity index is 1.26. The number of amides is 3. The van der Waals surface area contributed by atoms with E-state index in [1.54, 1.807) is 4.90 Å². The van der Waals surface area contributed by atoms with Crippen LogP contribution < -0.4 is 10.6 Å². The molecule has 2 aliphatic carbocycles. The molecule has 4 aliphatic rings. The Kier molecular flexibility index (Phi) is 6.93. The summed E-state index contributed by atoms with van der Waals surface area (Å²) in [6, 6.07) is 5.88. The molecular formula is C27H35F2N3O3. The van der Waals surface area contributed by atoms with Gasteiger partial charge in [-0.15, -0.1) is 0 Å². The largest absolute Gasteiger partial charge is 0.322 e. The van der Waals surface area contributed by atoms with Crippen molar-refractivity contribution in [2.75, 3.05) is 0 Å². The average Bonchev–Trinajstić information content (AvgIpc) is 2.98. The summed E-state index contributed by atoms with van der Waals surface area (Å²) in [7, 11) is 0. The molecule has 1 unspecified atom stereocenters. The molecule has 1 aromatic carbocycles. The third-order valence-electron chi connectivity index (χ3n) is 8.41. The van der Waals surface area contributed by atoms with Gasteiger partial charge in [-0.3, -0.25) is 19.7 Å². The fourth-order valence-corrected chi connectivity index (χ4v) is 6.42. The summed E-state index contributed by atoms with van der Waals surface area (Å²) < 4.78 is 27.2. The maximum atomic E-state index is 13.6. The predicted octanol–water partition coefficient (Wildman–Crippen LogP) is 4.11. The molecule has 6 nitrogen and oxygen atoms in total. The van der Waals surface area contributed by atoms with Crippen molar-refractivity contribution in [3.05, 3.63) is 34.9 Å². The van der Waals surface area contributed by atoms with Crippen molar-refractivity contribution in [2.45, 2.75) is 108 Å². The van der Waals surface area contributed by atoms with Crippen molar-refractivity contribution in [2.24, 2.45) is 5.92 Å². The highest BCUT2D eigenvalue weighted by atomic mass is 19.3. The van der Waals surface area contributed by atoms with E-state index in [1.165, 1.54) is 18.4 Å². The molecule has 3 amide bonds. The number of piperidine rings is 1. The van der Waals surface area contributed by atoms with E-state index in [2.05, 4.69) is 16.7 Å². The minimum absolute atomic E-state index is 0.0232. The highest BCUT2D eigenvalue weighted by Crippen LogP contribution is 2.35. The lowest BCUT2D eigenvalue weighted by Gasteiger charge is -2.35. The summed E-state index contributed by atoms with van der Waals surface area (Å²) in [5.74, 6) is -2.91. The molecule has 3 fully saturated rings.